The summed E-state index contributed by atoms with van der Waals surface area (Å²) >= 11 is 0. The van der Waals surface area contributed by atoms with E-state index in [2.05, 4.69) is 27.4 Å². The van der Waals surface area contributed by atoms with Gasteiger partial charge in [-0.05, 0) is 25.0 Å². The molecule has 0 unspecified atom stereocenters. The van der Waals surface area contributed by atoms with Crippen LogP contribution in [0.25, 0.3) is 11.0 Å². The number of aromatic nitrogens is 2. The maximum Gasteiger partial charge on any atom is 0.104 e. The van der Waals surface area contributed by atoms with E-state index in [1.54, 1.807) is 0 Å². The minimum absolute atomic E-state index is 0.983. The van der Waals surface area contributed by atoms with E-state index in [4.69, 9.17) is 0 Å². The zero-order chi connectivity index (χ0) is 8.84. The maximum atomic E-state index is 4.40. The van der Waals surface area contributed by atoms with Gasteiger partial charge in [-0.3, -0.25) is 0 Å². The standard InChI is InChI=1S/C10H11N3/c1-6-12-8-3-2-7-4-5-11-9(7)10(8)13-6/h2-3,11H,4-5H2,1H3,(H,12,13). The number of aromatic amines is 1. The van der Waals surface area contributed by atoms with Crippen molar-refractivity contribution >= 4 is 16.7 Å². The Labute approximate surface area is 76.2 Å². The quantitative estimate of drug-likeness (QED) is 0.638. The number of fused-ring (bicyclic) bond motifs is 3. The molecule has 13 heavy (non-hydrogen) atoms. The van der Waals surface area contributed by atoms with Gasteiger partial charge in [0.2, 0.25) is 0 Å². The number of hydrogen-bond donors (Lipinski definition) is 2. The molecular formula is C10H11N3. The number of nitrogens with one attached hydrogen (secondary N) is 2. The molecule has 3 nitrogen and oxygen atoms in total. The lowest BCUT2D eigenvalue weighted by molar-refractivity contribution is 1.11. The molecule has 2 N–H and O–H groups in total. The van der Waals surface area contributed by atoms with Gasteiger partial charge >= 0.3 is 0 Å². The lowest BCUT2D eigenvalue weighted by Crippen LogP contribution is -1.91. The molecule has 1 aliphatic heterocycles. The van der Waals surface area contributed by atoms with Crippen molar-refractivity contribution in [2.75, 3.05) is 11.9 Å². The first-order valence-electron chi connectivity index (χ1n) is 4.57. The molecule has 0 bridgehead atoms. The first kappa shape index (κ1) is 6.95. The van der Waals surface area contributed by atoms with Crippen molar-refractivity contribution in [3.8, 4) is 0 Å². The van der Waals surface area contributed by atoms with Crippen LogP contribution in [0.4, 0.5) is 5.69 Å². The Balaban J connectivity index is 2.42. The summed E-state index contributed by atoms with van der Waals surface area (Å²) in [5, 5.41) is 3.39. The molecular weight excluding hydrogens is 162 g/mol. The van der Waals surface area contributed by atoms with Crippen LogP contribution in [0.3, 0.4) is 0 Å². The lowest BCUT2D eigenvalue weighted by atomic mass is 10.1. The molecule has 0 spiro atoms. The van der Waals surface area contributed by atoms with E-state index in [1.807, 2.05) is 6.92 Å². The van der Waals surface area contributed by atoms with E-state index in [9.17, 15) is 0 Å². The molecule has 0 fully saturated rings. The van der Waals surface area contributed by atoms with Gasteiger partial charge in [0, 0.05) is 6.54 Å². The third-order valence-corrected chi connectivity index (χ3v) is 2.56. The van der Waals surface area contributed by atoms with Crippen molar-refractivity contribution in [1.29, 1.82) is 0 Å². The molecule has 66 valence electrons. The summed E-state index contributed by atoms with van der Waals surface area (Å²) in [5.74, 6) is 0.983. The van der Waals surface area contributed by atoms with Crippen molar-refractivity contribution in [2.45, 2.75) is 13.3 Å². The summed E-state index contributed by atoms with van der Waals surface area (Å²) < 4.78 is 0. The highest BCUT2D eigenvalue weighted by molar-refractivity contribution is 5.91. The van der Waals surface area contributed by atoms with Crippen LogP contribution in [0.5, 0.6) is 0 Å². The minimum Gasteiger partial charge on any atom is -0.383 e. The lowest BCUT2D eigenvalue weighted by Gasteiger charge is -1.99. The third kappa shape index (κ3) is 0.869. The van der Waals surface area contributed by atoms with Gasteiger partial charge in [0.1, 0.15) is 5.82 Å². The molecule has 1 aromatic heterocycles. The minimum atomic E-state index is 0.983. The fourth-order valence-electron chi connectivity index (χ4n) is 1.98. The molecule has 0 saturated heterocycles. The summed E-state index contributed by atoms with van der Waals surface area (Å²) in [7, 11) is 0. The van der Waals surface area contributed by atoms with E-state index in [0.717, 1.165) is 29.8 Å². The number of hydrogen-bond acceptors (Lipinski definition) is 2. The van der Waals surface area contributed by atoms with Crippen LogP contribution in [0.1, 0.15) is 11.4 Å². The van der Waals surface area contributed by atoms with Crippen molar-refractivity contribution in [2.24, 2.45) is 0 Å². The molecule has 1 aromatic carbocycles. The van der Waals surface area contributed by atoms with Gasteiger partial charge < -0.3 is 10.3 Å². The zero-order valence-corrected chi connectivity index (χ0v) is 7.52. The molecule has 0 amide bonds. The molecule has 3 rings (SSSR count). The number of aryl methyl sites for hydroxylation is 1. The summed E-state index contributed by atoms with van der Waals surface area (Å²) in [4.78, 5) is 7.68. The molecule has 0 atom stereocenters. The Bertz CT molecular complexity index is 470. The Hall–Kier alpha value is -1.51. The Morgan fingerprint density at radius 1 is 1.38 bits per heavy atom. The monoisotopic (exact) mass is 173 g/mol. The second-order valence-corrected chi connectivity index (χ2v) is 3.49. The highest BCUT2D eigenvalue weighted by Gasteiger charge is 2.14. The Kier molecular flexibility index (Phi) is 1.20. The molecule has 2 heterocycles. The molecule has 3 heteroatoms. The Morgan fingerprint density at radius 2 is 2.31 bits per heavy atom. The van der Waals surface area contributed by atoms with Crippen LogP contribution in [0.15, 0.2) is 12.1 Å². The van der Waals surface area contributed by atoms with Crippen LogP contribution >= 0.6 is 0 Å². The highest BCUT2D eigenvalue weighted by atomic mass is 15.0. The first-order chi connectivity index (χ1) is 6.34. The van der Waals surface area contributed by atoms with Gasteiger partial charge in [-0.2, -0.15) is 0 Å². The van der Waals surface area contributed by atoms with E-state index >= 15 is 0 Å². The number of H-pyrrole nitrogens is 1. The second-order valence-electron chi connectivity index (χ2n) is 3.49. The molecule has 0 aliphatic carbocycles. The molecule has 1 aliphatic rings. The van der Waals surface area contributed by atoms with Gasteiger partial charge in [-0.1, -0.05) is 6.07 Å². The predicted octanol–water partition coefficient (Wildman–Crippen LogP) is 1.84. The van der Waals surface area contributed by atoms with Crippen molar-refractivity contribution in [1.82, 2.24) is 9.97 Å². The summed E-state index contributed by atoms with van der Waals surface area (Å²) in [5.41, 5.74) is 4.87. The Morgan fingerprint density at radius 3 is 3.23 bits per heavy atom. The largest absolute Gasteiger partial charge is 0.383 e. The normalized spacial score (nSPS) is 14.5. The number of benzene rings is 1. The number of imidazole rings is 1. The molecule has 0 saturated carbocycles. The van der Waals surface area contributed by atoms with Crippen molar-refractivity contribution in [3.63, 3.8) is 0 Å². The summed E-state index contributed by atoms with van der Waals surface area (Å²) in [6.07, 6.45) is 1.13. The fourth-order valence-corrected chi connectivity index (χ4v) is 1.98. The van der Waals surface area contributed by atoms with Crippen LogP contribution in [-0.2, 0) is 6.42 Å². The predicted molar refractivity (Wildman–Crippen MR) is 53.0 cm³/mol. The van der Waals surface area contributed by atoms with Crippen molar-refractivity contribution < 1.29 is 0 Å². The summed E-state index contributed by atoms with van der Waals surface area (Å²) in [6, 6.07) is 4.25. The van der Waals surface area contributed by atoms with Gasteiger partial charge in [0.05, 0.1) is 16.7 Å². The van der Waals surface area contributed by atoms with E-state index in [-0.39, 0.29) is 0 Å². The van der Waals surface area contributed by atoms with Gasteiger partial charge in [0.15, 0.2) is 0 Å². The van der Waals surface area contributed by atoms with Gasteiger partial charge in [-0.15, -0.1) is 0 Å². The molecule has 2 aromatic rings. The topological polar surface area (TPSA) is 40.7 Å². The summed E-state index contributed by atoms with van der Waals surface area (Å²) in [6.45, 7) is 3.04. The van der Waals surface area contributed by atoms with Crippen molar-refractivity contribution in [3.05, 3.63) is 23.5 Å². The van der Waals surface area contributed by atoms with Gasteiger partial charge in [0.25, 0.3) is 0 Å². The van der Waals surface area contributed by atoms with E-state index < -0.39 is 0 Å². The maximum absolute atomic E-state index is 4.40. The average Bonchev–Trinajstić information content (AvgIpc) is 2.65. The van der Waals surface area contributed by atoms with Crippen LogP contribution < -0.4 is 5.32 Å². The SMILES string of the molecule is Cc1nc2ccc3c(c2[nH]1)NCC3. The average molecular weight is 173 g/mol. The highest BCUT2D eigenvalue weighted by Crippen LogP contribution is 2.29. The third-order valence-electron chi connectivity index (χ3n) is 2.56. The smallest absolute Gasteiger partial charge is 0.104 e. The van der Waals surface area contributed by atoms with Crippen LogP contribution in [0.2, 0.25) is 0 Å². The second kappa shape index (κ2) is 2.25. The van der Waals surface area contributed by atoms with Crippen LogP contribution in [0, 0.1) is 6.92 Å². The fraction of sp³-hybridized carbons (Fsp3) is 0.300. The van der Waals surface area contributed by atoms with Gasteiger partial charge in [-0.25, -0.2) is 4.98 Å². The molecule has 0 radical (unpaired) electrons. The van der Waals surface area contributed by atoms with E-state index in [0.29, 0.717) is 0 Å². The first-order valence-corrected chi connectivity index (χ1v) is 4.57. The van der Waals surface area contributed by atoms with E-state index in [1.165, 1.54) is 11.3 Å². The zero-order valence-electron chi connectivity index (χ0n) is 7.52. The number of nitrogens with zero attached hydrogens (tertiary/aromatic N) is 1. The number of anilines is 1. The number of rotatable bonds is 0. The van der Waals surface area contributed by atoms with Crippen LogP contribution in [-0.4, -0.2) is 16.5 Å².